The summed E-state index contributed by atoms with van der Waals surface area (Å²) in [4.78, 5) is 79.7. The minimum atomic E-state index is -2.76. The average molecular weight is 1880 g/mol. The lowest BCUT2D eigenvalue weighted by atomic mass is 9.65. The Labute approximate surface area is 812 Å². The molecule has 9 heterocycles. The van der Waals surface area contributed by atoms with E-state index in [9.17, 15) is 4.79 Å². The van der Waals surface area contributed by atoms with Gasteiger partial charge < -0.3 is 0 Å². The monoisotopic (exact) mass is 1880 g/mol. The van der Waals surface area contributed by atoms with Crippen LogP contribution in [0.3, 0.4) is 0 Å². The lowest BCUT2D eigenvalue weighted by Crippen LogP contribution is -2.56. The maximum atomic E-state index is 16.6. The molecule has 5 aliphatic rings. The van der Waals surface area contributed by atoms with Crippen LogP contribution in [-0.2, 0) is 36.5 Å². The molecule has 2 unspecified atom stereocenters. The van der Waals surface area contributed by atoms with Crippen molar-refractivity contribution in [2.75, 3.05) is 13.1 Å². The standard InChI is InChI=1S/C118H148N2O4S6Si/c1-13-23-31-37-39-45-69-119-113(121)102-80(12)126-108(103(102)114(119)122)98-75-100-111(128-98)112-101(131(100,77-81(21-9)47-29-19-7)78-82(22-10)48-30-20-8)76-99(129-112)110-105-104(115(123)120(116(105)124)70-46-40-38-32-24-14-2)109(130-110)97-74-96-107(127-97)92-73-93-91(72-94(92)118(96,89-65-57-85(58-66-89)51-43-35-27-17-5)90-67-59-86(60-68-90)52-44-36-28-18-6)106-95(71-79(11)125-106)117(93,87-61-53-83(54-62-87)49-41-33-25-15-3)88-63-55-84(56-64-88)50-42-34-26-16-4/h53-68,71-76,81-82H,13-52,69-70,77-78H2,1-12H3. The van der Waals surface area contributed by atoms with Gasteiger partial charge >= 0.3 is 0 Å². The van der Waals surface area contributed by atoms with Gasteiger partial charge in [-0.1, -0.05) is 359 Å². The maximum absolute atomic E-state index is 16.6. The van der Waals surface area contributed by atoms with Crippen LogP contribution < -0.4 is 10.4 Å². The molecule has 5 aromatic carbocycles. The number of benzene rings is 5. The second-order valence-corrected chi connectivity index (χ2v) is 50.5. The summed E-state index contributed by atoms with van der Waals surface area (Å²) in [6.07, 6.45) is 45.8. The quantitative estimate of drug-likeness (QED) is 0.0216. The fraction of sp³-hybridized carbons (Fsp3) is 0.508. The zero-order valence-corrected chi connectivity index (χ0v) is 87.3. The molecule has 6 aromatic heterocycles. The minimum absolute atomic E-state index is 0.124. The molecule has 2 aliphatic carbocycles. The van der Waals surface area contributed by atoms with Crippen molar-refractivity contribution in [1.29, 1.82) is 0 Å². The van der Waals surface area contributed by atoms with Gasteiger partial charge in [0.05, 0.1) is 47.7 Å². The Bertz CT molecular complexity index is 5630. The van der Waals surface area contributed by atoms with Crippen LogP contribution in [-0.4, -0.2) is 54.6 Å². The van der Waals surface area contributed by atoms with Crippen LogP contribution in [0.2, 0.25) is 12.1 Å². The highest BCUT2D eigenvalue weighted by Crippen LogP contribution is 2.67. The Morgan fingerprint density at radius 2 is 0.595 bits per heavy atom. The molecule has 694 valence electrons. The highest BCUT2D eigenvalue weighted by atomic mass is 32.1. The molecule has 0 fully saturated rings. The molecular weight excluding hydrogens is 1730 g/mol. The minimum Gasteiger partial charge on any atom is -0.274 e. The molecule has 0 bridgehead atoms. The average Bonchev–Trinajstić information content (AvgIpc) is 1.47. The lowest BCUT2D eigenvalue weighted by Gasteiger charge is -2.35. The van der Waals surface area contributed by atoms with Crippen molar-refractivity contribution >= 4 is 110 Å². The molecule has 13 heteroatoms. The summed E-state index contributed by atoms with van der Waals surface area (Å²) in [7, 11) is -2.76. The number of hydrogen-bond acceptors (Lipinski definition) is 10. The number of aryl methyl sites for hydroxylation is 6. The van der Waals surface area contributed by atoms with Crippen molar-refractivity contribution < 1.29 is 19.2 Å². The smallest absolute Gasteiger partial charge is 0.263 e. The summed E-state index contributed by atoms with van der Waals surface area (Å²) in [5.74, 6) is 0.497. The van der Waals surface area contributed by atoms with Gasteiger partial charge in [-0.15, -0.1) is 68.0 Å². The Kier molecular flexibility index (Phi) is 32.8. The first-order chi connectivity index (χ1) is 64.0. The number of fused-ring (bicyclic) bond motifs is 11. The van der Waals surface area contributed by atoms with Gasteiger partial charge in [-0.05, 0) is 227 Å². The second kappa shape index (κ2) is 44.3. The van der Waals surface area contributed by atoms with E-state index >= 15 is 14.4 Å². The topological polar surface area (TPSA) is 74.8 Å². The Balaban J connectivity index is 0.926. The van der Waals surface area contributed by atoms with Crippen molar-refractivity contribution in [3.05, 3.63) is 232 Å². The molecule has 6 nitrogen and oxygen atoms in total. The Morgan fingerprint density at radius 3 is 0.962 bits per heavy atom. The number of carbonyl (C=O) groups is 4. The number of amides is 4. The molecular formula is C118H148N2O4S6Si. The zero-order chi connectivity index (χ0) is 91.5. The van der Waals surface area contributed by atoms with E-state index < -0.39 is 18.9 Å². The first-order valence-electron chi connectivity index (χ1n) is 52.2. The first kappa shape index (κ1) is 96.9. The predicted octanol–water partition coefficient (Wildman–Crippen LogP) is 34.8. The van der Waals surface area contributed by atoms with Crippen molar-refractivity contribution in [2.24, 2.45) is 11.8 Å². The number of thiophene rings is 6. The van der Waals surface area contributed by atoms with Crippen LogP contribution in [0.5, 0.6) is 0 Å². The fourth-order valence-electron chi connectivity index (χ4n) is 23.3. The largest absolute Gasteiger partial charge is 0.274 e. The lowest BCUT2D eigenvalue weighted by molar-refractivity contribution is 0.0636. The van der Waals surface area contributed by atoms with Gasteiger partial charge in [0.25, 0.3) is 23.6 Å². The molecule has 2 atom stereocenters. The van der Waals surface area contributed by atoms with Gasteiger partial charge in [-0.3, -0.25) is 29.0 Å². The molecule has 0 N–H and O–H groups in total. The molecule has 0 saturated carbocycles. The second-order valence-electron chi connectivity index (χ2n) is 39.8. The molecule has 3 aliphatic heterocycles. The summed E-state index contributed by atoms with van der Waals surface area (Å²) in [5, 5.41) is 3.04. The van der Waals surface area contributed by atoms with E-state index in [0.29, 0.717) is 47.2 Å². The molecule has 0 spiro atoms. The van der Waals surface area contributed by atoms with E-state index in [1.165, 1.54) is 254 Å². The van der Waals surface area contributed by atoms with Crippen LogP contribution in [0.1, 0.15) is 418 Å². The van der Waals surface area contributed by atoms with Crippen LogP contribution in [0, 0.1) is 25.7 Å². The number of rotatable bonds is 53. The summed E-state index contributed by atoms with van der Waals surface area (Å²) >= 11 is 11.0. The highest BCUT2D eigenvalue weighted by Gasteiger charge is 2.56. The third-order valence-corrected chi connectivity index (χ3v) is 44.0. The molecule has 0 saturated heterocycles. The van der Waals surface area contributed by atoms with E-state index in [2.05, 4.69) is 217 Å². The van der Waals surface area contributed by atoms with Crippen molar-refractivity contribution in [3.8, 4) is 59.9 Å². The number of imide groups is 2. The molecule has 16 rings (SSSR count). The van der Waals surface area contributed by atoms with Crippen LogP contribution in [0.15, 0.2) is 133 Å². The first-order valence-corrected chi connectivity index (χ1v) is 59.5. The summed E-state index contributed by atoms with van der Waals surface area (Å²) in [5.41, 5.74) is 19.4. The highest BCUT2D eigenvalue weighted by molar-refractivity contribution is 7.34. The van der Waals surface area contributed by atoms with Crippen LogP contribution in [0.4, 0.5) is 0 Å². The van der Waals surface area contributed by atoms with E-state index in [1.807, 2.05) is 45.3 Å². The third-order valence-electron chi connectivity index (χ3n) is 30.7. The molecule has 0 radical (unpaired) electrons. The van der Waals surface area contributed by atoms with Gasteiger partial charge in [-0.2, -0.15) is 0 Å². The van der Waals surface area contributed by atoms with Gasteiger partial charge in [0, 0.05) is 57.0 Å². The SMILES string of the molecule is CCCCCCCCN1C(=O)c2c(C)sc(-c3cc4c(s3)-c3sc(-c5sc(-c6cc7c(s6)-c6cc8c(cc6C7(c6ccc(CCCCCC)cc6)c6ccc(CCCCCC)cc6)-c6sc(C)cc6C8(c6ccc(CCCCCC)cc6)c6ccc(CCCCCC)cc6)c6c5C(=O)N(CCCCCCCC)C6=O)cc3[Si]4(CC(CC)CCCC)CC(CC)CCCC)c2C1=O. The summed E-state index contributed by atoms with van der Waals surface area (Å²) in [6, 6.07) is 57.6. The molecule has 11 aromatic rings. The summed E-state index contributed by atoms with van der Waals surface area (Å²) < 4.78 is 0. The van der Waals surface area contributed by atoms with Crippen LogP contribution >= 0.6 is 68.0 Å². The number of carbonyl (C=O) groups excluding carboxylic acids is 4. The van der Waals surface area contributed by atoms with Crippen LogP contribution in [0.25, 0.3) is 59.9 Å². The third kappa shape index (κ3) is 19.0. The van der Waals surface area contributed by atoms with Crippen molar-refractivity contribution in [3.63, 3.8) is 0 Å². The maximum Gasteiger partial charge on any atom is 0.263 e. The van der Waals surface area contributed by atoms with Gasteiger partial charge in [-0.25, -0.2) is 0 Å². The van der Waals surface area contributed by atoms with E-state index in [-0.39, 0.29) is 23.6 Å². The van der Waals surface area contributed by atoms with E-state index in [0.717, 1.165) is 162 Å². The van der Waals surface area contributed by atoms with Crippen molar-refractivity contribution in [1.82, 2.24) is 9.80 Å². The predicted molar refractivity (Wildman–Crippen MR) is 570 cm³/mol. The molecule has 4 amide bonds. The number of unbranched alkanes of at least 4 members (excludes halogenated alkanes) is 24. The van der Waals surface area contributed by atoms with Crippen molar-refractivity contribution in [2.45, 2.75) is 363 Å². The normalized spacial score (nSPS) is 15.9. The van der Waals surface area contributed by atoms with Gasteiger partial charge in [0.2, 0.25) is 0 Å². The number of hydrogen-bond donors (Lipinski definition) is 0. The van der Waals surface area contributed by atoms with Gasteiger partial charge in [0.15, 0.2) is 0 Å². The van der Waals surface area contributed by atoms with E-state index in [1.54, 1.807) is 32.5 Å². The Morgan fingerprint density at radius 1 is 0.290 bits per heavy atom. The summed E-state index contributed by atoms with van der Waals surface area (Å²) in [6.45, 7) is 28.6. The number of nitrogens with zero attached hydrogens (tertiary/aromatic N) is 2. The molecule has 131 heavy (non-hydrogen) atoms. The van der Waals surface area contributed by atoms with E-state index in [4.69, 9.17) is 0 Å². The Hall–Kier alpha value is -7.20. The fourth-order valence-corrected chi connectivity index (χ4v) is 38.8. The van der Waals surface area contributed by atoms with Gasteiger partial charge in [0.1, 0.15) is 8.07 Å². The zero-order valence-electron chi connectivity index (χ0n) is 81.4.